The lowest BCUT2D eigenvalue weighted by Crippen LogP contribution is -2.26. The van der Waals surface area contributed by atoms with E-state index in [-0.39, 0.29) is 22.9 Å². The third kappa shape index (κ3) is 5.11. The first-order valence-corrected chi connectivity index (χ1v) is 9.08. The van der Waals surface area contributed by atoms with Gasteiger partial charge in [-0.25, -0.2) is 0 Å². The van der Waals surface area contributed by atoms with Gasteiger partial charge in [-0.15, -0.1) is 5.10 Å². The number of hydrogen-bond acceptors (Lipinski definition) is 4. The third-order valence-corrected chi connectivity index (χ3v) is 5.15. The number of amidine groups is 1. The number of alkyl halides is 3. The first kappa shape index (κ1) is 19.4. The summed E-state index contributed by atoms with van der Waals surface area (Å²) >= 11 is 7.10. The largest absolute Gasteiger partial charge is 0.416 e. The van der Waals surface area contributed by atoms with Crippen LogP contribution in [0.4, 0.5) is 13.2 Å². The van der Waals surface area contributed by atoms with Crippen LogP contribution in [0.5, 0.6) is 0 Å². The van der Waals surface area contributed by atoms with E-state index in [4.69, 9.17) is 11.6 Å². The van der Waals surface area contributed by atoms with Crippen molar-refractivity contribution in [3.05, 3.63) is 70.2 Å². The maximum Gasteiger partial charge on any atom is 0.416 e. The molecule has 0 spiro atoms. The van der Waals surface area contributed by atoms with Crippen molar-refractivity contribution in [2.75, 3.05) is 0 Å². The molecule has 3 rings (SSSR count). The molecule has 2 aromatic carbocycles. The summed E-state index contributed by atoms with van der Waals surface area (Å²) in [5, 5.41) is 10.3. The Morgan fingerprint density at radius 1 is 1.19 bits per heavy atom. The quantitative estimate of drug-likeness (QED) is 0.594. The number of benzene rings is 2. The van der Waals surface area contributed by atoms with Gasteiger partial charge in [-0.05, 0) is 35.7 Å². The van der Waals surface area contributed by atoms with Crippen molar-refractivity contribution in [2.24, 2.45) is 10.2 Å². The van der Waals surface area contributed by atoms with Crippen LogP contribution in [0.25, 0.3) is 0 Å². The van der Waals surface area contributed by atoms with E-state index < -0.39 is 17.0 Å². The molecule has 1 N–H and O–H groups in total. The molecule has 0 radical (unpaired) electrons. The van der Waals surface area contributed by atoms with Crippen LogP contribution in [-0.4, -0.2) is 22.5 Å². The van der Waals surface area contributed by atoms with Gasteiger partial charge in [0.2, 0.25) is 5.91 Å². The fourth-order valence-electron chi connectivity index (χ4n) is 2.38. The third-order valence-electron chi connectivity index (χ3n) is 3.71. The molecule has 0 bridgehead atoms. The molecule has 1 amide bonds. The van der Waals surface area contributed by atoms with Crippen molar-refractivity contribution in [2.45, 2.75) is 17.8 Å². The average molecular weight is 412 g/mol. The van der Waals surface area contributed by atoms with Crippen molar-refractivity contribution >= 4 is 40.7 Å². The summed E-state index contributed by atoms with van der Waals surface area (Å²) in [6.07, 6.45) is -2.87. The molecule has 2 aromatic rings. The first-order chi connectivity index (χ1) is 12.8. The summed E-state index contributed by atoms with van der Waals surface area (Å²) in [5.74, 6) is -0.345. The van der Waals surface area contributed by atoms with Gasteiger partial charge in [0.15, 0.2) is 5.17 Å². The van der Waals surface area contributed by atoms with Gasteiger partial charge >= 0.3 is 6.18 Å². The van der Waals surface area contributed by atoms with Crippen molar-refractivity contribution in [3.63, 3.8) is 0 Å². The lowest BCUT2D eigenvalue weighted by Gasteiger charge is -2.12. The normalized spacial score (nSPS) is 19.0. The van der Waals surface area contributed by atoms with E-state index in [0.717, 1.165) is 29.5 Å². The molecule has 140 valence electrons. The Balaban J connectivity index is 1.70. The number of hydrogen-bond donors (Lipinski definition) is 1. The molecule has 0 aromatic heterocycles. The molecule has 1 atom stereocenters. The van der Waals surface area contributed by atoms with Gasteiger partial charge in [-0.3, -0.25) is 4.79 Å². The van der Waals surface area contributed by atoms with Crippen LogP contribution in [0.3, 0.4) is 0 Å². The Labute approximate surface area is 162 Å². The van der Waals surface area contributed by atoms with Gasteiger partial charge in [0, 0.05) is 5.02 Å². The van der Waals surface area contributed by atoms with Crippen LogP contribution < -0.4 is 5.32 Å². The number of thioether (sulfide) groups is 1. The summed E-state index contributed by atoms with van der Waals surface area (Å²) in [6, 6.07) is 12.4. The molecule has 9 heteroatoms. The second-order valence-corrected chi connectivity index (χ2v) is 7.26. The minimum atomic E-state index is -4.47. The molecule has 1 heterocycles. The van der Waals surface area contributed by atoms with E-state index in [1.54, 1.807) is 0 Å². The lowest BCUT2D eigenvalue weighted by atomic mass is 10.1. The van der Waals surface area contributed by atoms with Crippen LogP contribution in [0, 0.1) is 0 Å². The van der Waals surface area contributed by atoms with E-state index in [9.17, 15) is 18.0 Å². The van der Waals surface area contributed by atoms with E-state index in [2.05, 4.69) is 15.5 Å². The number of carbonyl (C=O) groups is 1. The van der Waals surface area contributed by atoms with E-state index in [0.29, 0.717) is 5.17 Å². The van der Waals surface area contributed by atoms with Crippen molar-refractivity contribution in [3.8, 4) is 0 Å². The van der Waals surface area contributed by atoms with Gasteiger partial charge in [-0.1, -0.05) is 53.7 Å². The van der Waals surface area contributed by atoms with Crippen LogP contribution in [0.2, 0.25) is 5.02 Å². The molecule has 27 heavy (non-hydrogen) atoms. The molecule has 0 saturated carbocycles. The number of halogens is 4. The molecule has 1 aliphatic heterocycles. The van der Waals surface area contributed by atoms with Gasteiger partial charge in [-0.2, -0.15) is 18.3 Å². The maximum absolute atomic E-state index is 12.9. The van der Waals surface area contributed by atoms with Gasteiger partial charge in [0.25, 0.3) is 0 Å². The second kappa shape index (κ2) is 8.14. The number of nitrogens with one attached hydrogen (secondary N) is 1. The fraction of sp³-hybridized carbons (Fsp3) is 0.167. The number of carbonyl (C=O) groups excluding carboxylic acids is 1. The molecular formula is C18H13ClF3N3OS. The highest BCUT2D eigenvalue weighted by molar-refractivity contribution is 8.15. The molecular weight excluding hydrogens is 399 g/mol. The van der Waals surface area contributed by atoms with Gasteiger partial charge in [0.1, 0.15) is 0 Å². The smallest absolute Gasteiger partial charge is 0.303 e. The maximum atomic E-state index is 12.9. The van der Waals surface area contributed by atoms with Crippen LogP contribution in [0.15, 0.2) is 58.7 Å². The second-order valence-electron chi connectivity index (χ2n) is 5.66. The highest BCUT2D eigenvalue weighted by atomic mass is 35.5. The molecule has 1 fully saturated rings. The summed E-state index contributed by atoms with van der Waals surface area (Å²) in [7, 11) is 0. The SMILES string of the molecule is O=C1N/C(=N\N=Cc2ccccc2)SC1Cc1cc(C(F)(F)F)ccc1Cl. The standard InChI is InChI=1S/C18H13ClF3N3OS/c19-14-7-6-13(18(20,21)22)8-12(14)9-15-16(26)24-17(27-15)25-23-10-11-4-2-1-3-5-11/h1-8,10,15H,9H2,(H,24,25,26). The number of amides is 1. The van der Waals surface area contributed by atoms with E-state index in [1.165, 1.54) is 12.3 Å². The predicted molar refractivity (Wildman–Crippen MR) is 101 cm³/mol. The van der Waals surface area contributed by atoms with Crippen molar-refractivity contribution in [1.29, 1.82) is 0 Å². The Morgan fingerprint density at radius 2 is 1.93 bits per heavy atom. The predicted octanol–water partition coefficient (Wildman–Crippen LogP) is 4.52. The summed E-state index contributed by atoms with van der Waals surface area (Å²) in [5.41, 5.74) is 0.309. The Kier molecular flexibility index (Phi) is 5.86. The van der Waals surface area contributed by atoms with E-state index in [1.807, 2.05) is 30.3 Å². The Morgan fingerprint density at radius 3 is 2.63 bits per heavy atom. The highest BCUT2D eigenvalue weighted by Gasteiger charge is 2.34. The minimum absolute atomic E-state index is 0.0562. The van der Waals surface area contributed by atoms with Crippen LogP contribution >= 0.6 is 23.4 Å². The fourth-order valence-corrected chi connectivity index (χ4v) is 3.53. The van der Waals surface area contributed by atoms with Crippen LogP contribution in [-0.2, 0) is 17.4 Å². The minimum Gasteiger partial charge on any atom is -0.303 e. The van der Waals surface area contributed by atoms with E-state index >= 15 is 0 Å². The summed E-state index contributed by atoms with van der Waals surface area (Å²) in [4.78, 5) is 12.1. The number of rotatable bonds is 4. The Bertz CT molecular complexity index is 900. The molecule has 4 nitrogen and oxygen atoms in total. The van der Waals surface area contributed by atoms with Crippen molar-refractivity contribution < 1.29 is 18.0 Å². The Hall–Kier alpha value is -2.32. The zero-order valence-corrected chi connectivity index (χ0v) is 15.3. The topological polar surface area (TPSA) is 53.8 Å². The molecule has 1 unspecified atom stereocenters. The molecule has 1 saturated heterocycles. The average Bonchev–Trinajstić information content (AvgIpc) is 2.96. The zero-order chi connectivity index (χ0) is 19.4. The lowest BCUT2D eigenvalue weighted by molar-refractivity contribution is -0.137. The molecule has 0 aliphatic carbocycles. The van der Waals surface area contributed by atoms with Gasteiger partial charge in [0.05, 0.1) is 17.0 Å². The first-order valence-electron chi connectivity index (χ1n) is 7.82. The monoisotopic (exact) mass is 411 g/mol. The summed E-state index contributed by atoms with van der Waals surface area (Å²) < 4.78 is 38.6. The zero-order valence-electron chi connectivity index (χ0n) is 13.7. The van der Waals surface area contributed by atoms with Crippen LogP contribution in [0.1, 0.15) is 16.7 Å². The van der Waals surface area contributed by atoms with Crippen molar-refractivity contribution in [1.82, 2.24) is 5.32 Å². The summed E-state index contributed by atoms with van der Waals surface area (Å²) in [6.45, 7) is 0. The van der Waals surface area contributed by atoms with Gasteiger partial charge < -0.3 is 5.32 Å². The molecule has 1 aliphatic rings. The number of nitrogens with zero attached hydrogens (tertiary/aromatic N) is 2. The highest BCUT2D eigenvalue weighted by Crippen LogP contribution is 2.33.